The second kappa shape index (κ2) is 7.05. The number of carbonyl (C=O) groups is 1. The van der Waals surface area contributed by atoms with E-state index < -0.39 is 0 Å². The molecule has 0 N–H and O–H groups in total. The van der Waals surface area contributed by atoms with E-state index in [1.165, 1.54) is 0 Å². The third-order valence-electron chi connectivity index (χ3n) is 3.94. The Bertz CT molecular complexity index is 704. The largest absolute Gasteiger partial charge is 0.340 e. The molecule has 0 saturated carbocycles. The van der Waals surface area contributed by atoms with E-state index >= 15 is 0 Å². The van der Waals surface area contributed by atoms with E-state index in [9.17, 15) is 4.79 Å². The van der Waals surface area contributed by atoms with Gasteiger partial charge in [0.25, 0.3) is 0 Å². The van der Waals surface area contributed by atoms with Crippen LogP contribution < -0.4 is 0 Å². The Kier molecular flexibility index (Phi) is 5.52. The number of aryl methyl sites for hydroxylation is 2. The van der Waals surface area contributed by atoms with Crippen LogP contribution in [0.25, 0.3) is 0 Å². The van der Waals surface area contributed by atoms with E-state index in [0.29, 0.717) is 18.1 Å². The maximum Gasteiger partial charge on any atom is 0.227 e. The normalized spacial score (nSPS) is 12.5. The molecule has 2 heterocycles. The Morgan fingerprint density at radius 1 is 1.48 bits per heavy atom. The quantitative estimate of drug-likeness (QED) is 0.772. The van der Waals surface area contributed by atoms with Gasteiger partial charge >= 0.3 is 0 Å². The van der Waals surface area contributed by atoms with Crippen molar-refractivity contribution >= 4 is 33.4 Å². The smallest absolute Gasteiger partial charge is 0.227 e. The van der Waals surface area contributed by atoms with E-state index in [4.69, 9.17) is 11.6 Å². The fourth-order valence-corrected chi connectivity index (χ4v) is 3.09. The van der Waals surface area contributed by atoms with Gasteiger partial charge in [-0.05, 0) is 29.8 Å². The van der Waals surface area contributed by atoms with Gasteiger partial charge in [-0.25, -0.2) is 0 Å². The lowest BCUT2D eigenvalue weighted by Crippen LogP contribution is -2.34. The molecule has 0 saturated heterocycles. The molecule has 0 aliphatic heterocycles. The summed E-state index contributed by atoms with van der Waals surface area (Å²) in [6.07, 6.45) is 1.73. The fourth-order valence-electron chi connectivity index (χ4n) is 2.48. The summed E-state index contributed by atoms with van der Waals surface area (Å²) < 4.78 is 4.46. The number of hydrogen-bond donors (Lipinski definition) is 0. The molecular weight excluding hydrogens is 382 g/mol. The highest BCUT2D eigenvalue weighted by atomic mass is 79.9. The van der Waals surface area contributed by atoms with Gasteiger partial charge in [-0.15, -0.1) is 0 Å². The first-order chi connectivity index (χ1) is 10.7. The first kappa shape index (κ1) is 18.0. The van der Waals surface area contributed by atoms with Gasteiger partial charge < -0.3 is 4.90 Å². The zero-order chi connectivity index (χ0) is 17.3. The SMILES string of the molecule is Cc1nn(CC(C)C(=O)N(C)Cc2c(Br)cnn2C)c(C)c1Cl. The lowest BCUT2D eigenvalue weighted by atomic mass is 10.1. The molecule has 0 aliphatic carbocycles. The van der Waals surface area contributed by atoms with E-state index in [0.717, 1.165) is 21.6 Å². The molecule has 0 radical (unpaired) electrons. The number of aromatic nitrogens is 4. The minimum atomic E-state index is -0.193. The summed E-state index contributed by atoms with van der Waals surface area (Å²) in [5.41, 5.74) is 2.64. The molecular formula is C15H21BrClN5O. The lowest BCUT2D eigenvalue weighted by molar-refractivity contribution is -0.134. The van der Waals surface area contributed by atoms with Crippen molar-refractivity contribution in [3.8, 4) is 0 Å². The van der Waals surface area contributed by atoms with Crippen molar-refractivity contribution in [3.05, 3.63) is 32.8 Å². The zero-order valence-electron chi connectivity index (χ0n) is 14.0. The van der Waals surface area contributed by atoms with Gasteiger partial charge in [-0.1, -0.05) is 18.5 Å². The summed E-state index contributed by atoms with van der Waals surface area (Å²) in [7, 11) is 3.66. The second-order valence-corrected chi connectivity index (χ2v) is 7.06. The van der Waals surface area contributed by atoms with Gasteiger partial charge in [-0.3, -0.25) is 14.2 Å². The van der Waals surface area contributed by atoms with Crippen molar-refractivity contribution in [1.82, 2.24) is 24.5 Å². The van der Waals surface area contributed by atoms with E-state index in [2.05, 4.69) is 26.1 Å². The van der Waals surface area contributed by atoms with Crippen LogP contribution in [0, 0.1) is 19.8 Å². The topological polar surface area (TPSA) is 56.0 Å². The Hall–Kier alpha value is -1.34. The number of nitrogens with zero attached hydrogens (tertiary/aromatic N) is 5. The van der Waals surface area contributed by atoms with Crippen LogP contribution in [-0.2, 0) is 24.9 Å². The standard InChI is InChI=1S/C15H21BrClN5O/c1-9(7-22-11(3)14(17)10(2)19-22)15(23)20(4)8-13-12(16)6-18-21(13)5/h6,9H,7-8H2,1-5H3. The molecule has 1 amide bonds. The van der Waals surface area contributed by atoms with Gasteiger partial charge in [0, 0.05) is 14.1 Å². The summed E-state index contributed by atoms with van der Waals surface area (Å²) in [5.74, 6) is -0.136. The highest BCUT2D eigenvalue weighted by Gasteiger charge is 2.22. The van der Waals surface area contributed by atoms with Crippen LogP contribution in [0.3, 0.4) is 0 Å². The van der Waals surface area contributed by atoms with E-state index in [1.54, 1.807) is 27.5 Å². The first-order valence-corrected chi connectivity index (χ1v) is 8.50. The van der Waals surface area contributed by atoms with Crippen LogP contribution >= 0.6 is 27.5 Å². The van der Waals surface area contributed by atoms with Crippen molar-refractivity contribution in [3.63, 3.8) is 0 Å². The molecule has 0 bridgehead atoms. The van der Waals surface area contributed by atoms with Crippen LogP contribution in [0.1, 0.15) is 24.0 Å². The zero-order valence-corrected chi connectivity index (χ0v) is 16.3. The molecule has 126 valence electrons. The Balaban J connectivity index is 2.05. The summed E-state index contributed by atoms with van der Waals surface area (Å²) in [4.78, 5) is 14.3. The highest BCUT2D eigenvalue weighted by Crippen LogP contribution is 2.21. The average molecular weight is 403 g/mol. The first-order valence-electron chi connectivity index (χ1n) is 7.33. The molecule has 2 aromatic rings. The Morgan fingerprint density at radius 3 is 2.61 bits per heavy atom. The van der Waals surface area contributed by atoms with E-state index in [1.807, 2.05) is 27.8 Å². The number of amides is 1. The summed E-state index contributed by atoms with van der Waals surface area (Å²) in [6.45, 7) is 6.69. The molecule has 0 aromatic carbocycles. The number of carbonyl (C=O) groups excluding carboxylic acids is 1. The minimum Gasteiger partial charge on any atom is -0.340 e. The maximum atomic E-state index is 12.6. The minimum absolute atomic E-state index is 0.0572. The average Bonchev–Trinajstić information content (AvgIpc) is 2.94. The Labute approximate surface area is 149 Å². The summed E-state index contributed by atoms with van der Waals surface area (Å²) in [5, 5.41) is 9.22. The number of halogens is 2. The molecule has 8 heteroatoms. The predicted molar refractivity (Wildman–Crippen MR) is 93.3 cm³/mol. The number of hydrogen-bond acceptors (Lipinski definition) is 3. The van der Waals surface area contributed by atoms with Crippen LogP contribution in [0.15, 0.2) is 10.7 Å². The van der Waals surface area contributed by atoms with Crippen LogP contribution in [0.5, 0.6) is 0 Å². The third kappa shape index (κ3) is 3.77. The molecule has 0 fully saturated rings. The fraction of sp³-hybridized carbons (Fsp3) is 0.533. The lowest BCUT2D eigenvalue weighted by Gasteiger charge is -2.22. The van der Waals surface area contributed by atoms with Crippen LogP contribution in [0.4, 0.5) is 0 Å². The highest BCUT2D eigenvalue weighted by molar-refractivity contribution is 9.10. The molecule has 1 atom stereocenters. The van der Waals surface area contributed by atoms with Gasteiger partial charge in [0.05, 0.1) is 51.8 Å². The molecule has 6 nitrogen and oxygen atoms in total. The van der Waals surface area contributed by atoms with Gasteiger partial charge in [0.1, 0.15) is 0 Å². The van der Waals surface area contributed by atoms with Gasteiger partial charge in [-0.2, -0.15) is 10.2 Å². The maximum absolute atomic E-state index is 12.6. The second-order valence-electron chi connectivity index (χ2n) is 5.83. The van der Waals surface area contributed by atoms with Crippen molar-refractivity contribution < 1.29 is 4.79 Å². The van der Waals surface area contributed by atoms with Crippen molar-refractivity contribution in [1.29, 1.82) is 0 Å². The molecule has 0 spiro atoms. The van der Waals surface area contributed by atoms with Crippen molar-refractivity contribution in [2.24, 2.45) is 13.0 Å². The van der Waals surface area contributed by atoms with Crippen molar-refractivity contribution in [2.75, 3.05) is 7.05 Å². The molecule has 1 unspecified atom stereocenters. The molecule has 23 heavy (non-hydrogen) atoms. The van der Waals surface area contributed by atoms with Gasteiger partial charge in [0.2, 0.25) is 5.91 Å². The van der Waals surface area contributed by atoms with Crippen LogP contribution in [0.2, 0.25) is 5.02 Å². The third-order valence-corrected chi connectivity index (χ3v) is 5.14. The van der Waals surface area contributed by atoms with E-state index in [-0.39, 0.29) is 11.8 Å². The van der Waals surface area contributed by atoms with Crippen LogP contribution in [-0.4, -0.2) is 37.4 Å². The predicted octanol–water partition coefficient (Wildman–Crippen LogP) is 2.94. The molecule has 2 aromatic heterocycles. The van der Waals surface area contributed by atoms with Gasteiger partial charge in [0.15, 0.2) is 0 Å². The summed E-state index contributed by atoms with van der Waals surface area (Å²) >= 11 is 9.62. The monoisotopic (exact) mass is 401 g/mol. The number of rotatable bonds is 5. The summed E-state index contributed by atoms with van der Waals surface area (Å²) in [6, 6.07) is 0. The molecule has 2 rings (SSSR count). The van der Waals surface area contributed by atoms with Crippen molar-refractivity contribution in [2.45, 2.75) is 33.9 Å². The molecule has 0 aliphatic rings. The Morgan fingerprint density at radius 2 is 2.13 bits per heavy atom.